The zero-order valence-electron chi connectivity index (χ0n) is 11.1. The molecule has 0 aliphatic heterocycles. The van der Waals surface area contributed by atoms with Crippen molar-refractivity contribution in [3.05, 3.63) is 53.7 Å². The Labute approximate surface area is 115 Å². The molecule has 1 aromatic carbocycles. The molecular formula is C15H14FN3O. The first-order valence-electron chi connectivity index (χ1n) is 6.46. The van der Waals surface area contributed by atoms with Crippen LogP contribution < -0.4 is 4.74 Å². The fraction of sp³-hybridized carbons (Fsp3) is 0.200. The fourth-order valence-corrected chi connectivity index (χ4v) is 2.07. The summed E-state index contributed by atoms with van der Waals surface area (Å²) in [5, 5.41) is 0. The molecule has 4 nitrogen and oxygen atoms in total. The lowest BCUT2D eigenvalue weighted by Gasteiger charge is -2.03. The summed E-state index contributed by atoms with van der Waals surface area (Å²) in [4.78, 5) is 11.4. The second-order valence-corrected chi connectivity index (χ2v) is 4.46. The maximum atomic E-state index is 13.1. The molecule has 1 N–H and O–H groups in total. The highest BCUT2D eigenvalue weighted by atomic mass is 19.1. The van der Waals surface area contributed by atoms with Crippen molar-refractivity contribution in [2.45, 2.75) is 13.3 Å². The predicted octanol–water partition coefficient (Wildman–Crippen LogP) is 3.09. The first kappa shape index (κ1) is 12.6. The van der Waals surface area contributed by atoms with Gasteiger partial charge < -0.3 is 9.72 Å². The van der Waals surface area contributed by atoms with Crippen LogP contribution in [0.1, 0.15) is 18.3 Å². The molecule has 0 aliphatic carbocycles. The van der Waals surface area contributed by atoms with Gasteiger partial charge in [-0.15, -0.1) is 0 Å². The van der Waals surface area contributed by atoms with E-state index in [2.05, 4.69) is 15.0 Å². The summed E-state index contributed by atoms with van der Waals surface area (Å²) in [6.07, 6.45) is 1.81. The van der Waals surface area contributed by atoms with Gasteiger partial charge in [-0.1, -0.05) is 12.1 Å². The van der Waals surface area contributed by atoms with Crippen molar-refractivity contribution in [3.8, 4) is 5.75 Å². The third kappa shape index (κ3) is 2.61. The highest BCUT2D eigenvalue weighted by molar-refractivity contribution is 5.70. The Morgan fingerprint density at radius 3 is 2.80 bits per heavy atom. The number of H-pyrrole nitrogens is 1. The van der Waals surface area contributed by atoms with Crippen molar-refractivity contribution in [2.24, 2.45) is 0 Å². The Balaban J connectivity index is 1.81. The standard InChI is InChI=1S/C15H14FN3O/c1-2-20-12-5-3-10(4-6-12)7-14-18-13-8-11(16)9-17-15(13)19-14/h3-6,8-9H,2,7H2,1H3,(H,17,18,19). The van der Waals surface area contributed by atoms with E-state index in [0.29, 0.717) is 24.2 Å². The summed E-state index contributed by atoms with van der Waals surface area (Å²) < 4.78 is 18.5. The van der Waals surface area contributed by atoms with E-state index in [0.717, 1.165) is 17.1 Å². The number of fused-ring (bicyclic) bond motifs is 1. The highest BCUT2D eigenvalue weighted by Crippen LogP contribution is 2.16. The molecule has 2 aromatic heterocycles. The molecule has 20 heavy (non-hydrogen) atoms. The van der Waals surface area contributed by atoms with Crippen LogP contribution >= 0.6 is 0 Å². The maximum Gasteiger partial charge on any atom is 0.177 e. The Bertz CT molecular complexity index is 722. The predicted molar refractivity (Wildman–Crippen MR) is 74.3 cm³/mol. The van der Waals surface area contributed by atoms with Crippen molar-refractivity contribution in [2.75, 3.05) is 6.61 Å². The lowest BCUT2D eigenvalue weighted by atomic mass is 10.1. The number of nitrogens with one attached hydrogen (secondary N) is 1. The minimum atomic E-state index is -0.367. The minimum absolute atomic E-state index is 0.367. The Hall–Kier alpha value is -2.43. The van der Waals surface area contributed by atoms with Crippen LogP contribution in [0.25, 0.3) is 11.2 Å². The molecule has 0 saturated heterocycles. The maximum absolute atomic E-state index is 13.1. The van der Waals surface area contributed by atoms with E-state index in [-0.39, 0.29) is 5.82 Å². The van der Waals surface area contributed by atoms with Crippen molar-refractivity contribution in [1.82, 2.24) is 15.0 Å². The van der Waals surface area contributed by atoms with E-state index in [4.69, 9.17) is 4.74 Å². The quantitative estimate of drug-likeness (QED) is 0.793. The number of halogens is 1. The zero-order valence-corrected chi connectivity index (χ0v) is 11.1. The van der Waals surface area contributed by atoms with Gasteiger partial charge in [-0.3, -0.25) is 0 Å². The van der Waals surface area contributed by atoms with Crippen LogP contribution in [0.5, 0.6) is 5.75 Å². The molecule has 0 atom stereocenters. The topological polar surface area (TPSA) is 50.8 Å². The summed E-state index contributed by atoms with van der Waals surface area (Å²) in [5.74, 6) is 1.25. The van der Waals surface area contributed by atoms with Crippen LogP contribution in [-0.4, -0.2) is 21.6 Å². The van der Waals surface area contributed by atoms with Gasteiger partial charge in [-0.05, 0) is 24.6 Å². The monoisotopic (exact) mass is 271 g/mol. The van der Waals surface area contributed by atoms with E-state index < -0.39 is 0 Å². The van der Waals surface area contributed by atoms with Crippen LogP contribution in [0.3, 0.4) is 0 Å². The second-order valence-electron chi connectivity index (χ2n) is 4.46. The molecule has 0 fully saturated rings. The van der Waals surface area contributed by atoms with Crippen LogP contribution in [0.2, 0.25) is 0 Å². The number of imidazole rings is 1. The summed E-state index contributed by atoms with van der Waals surface area (Å²) in [6, 6.07) is 9.24. The van der Waals surface area contributed by atoms with Gasteiger partial charge in [-0.2, -0.15) is 0 Å². The number of hydrogen-bond donors (Lipinski definition) is 1. The van der Waals surface area contributed by atoms with E-state index >= 15 is 0 Å². The Kier molecular flexibility index (Phi) is 3.33. The minimum Gasteiger partial charge on any atom is -0.494 e. The summed E-state index contributed by atoms with van der Waals surface area (Å²) >= 11 is 0. The van der Waals surface area contributed by atoms with Crippen LogP contribution in [0.15, 0.2) is 36.5 Å². The smallest absolute Gasteiger partial charge is 0.177 e. The van der Waals surface area contributed by atoms with Gasteiger partial charge in [-0.25, -0.2) is 14.4 Å². The van der Waals surface area contributed by atoms with Crippen molar-refractivity contribution >= 4 is 11.2 Å². The third-order valence-electron chi connectivity index (χ3n) is 2.96. The number of aromatic amines is 1. The molecule has 0 saturated carbocycles. The van der Waals surface area contributed by atoms with E-state index in [9.17, 15) is 4.39 Å². The fourth-order valence-electron chi connectivity index (χ4n) is 2.07. The highest BCUT2D eigenvalue weighted by Gasteiger charge is 2.06. The molecule has 0 radical (unpaired) electrons. The number of nitrogens with zero attached hydrogens (tertiary/aromatic N) is 2. The Morgan fingerprint density at radius 1 is 1.25 bits per heavy atom. The molecule has 0 unspecified atom stereocenters. The largest absolute Gasteiger partial charge is 0.494 e. The van der Waals surface area contributed by atoms with Crippen LogP contribution in [-0.2, 0) is 6.42 Å². The van der Waals surface area contributed by atoms with Gasteiger partial charge in [0.05, 0.1) is 18.3 Å². The molecule has 3 aromatic rings. The normalized spacial score (nSPS) is 10.9. The molecule has 0 aliphatic rings. The SMILES string of the molecule is CCOc1ccc(Cc2nc3ncc(F)cc3[nH]2)cc1. The second kappa shape index (κ2) is 5.28. The van der Waals surface area contributed by atoms with Gasteiger partial charge in [0.1, 0.15) is 17.4 Å². The molecule has 102 valence electrons. The number of pyridine rings is 1. The van der Waals surface area contributed by atoms with Crippen molar-refractivity contribution in [1.29, 1.82) is 0 Å². The molecule has 0 spiro atoms. The molecule has 0 amide bonds. The number of aromatic nitrogens is 3. The molecule has 0 bridgehead atoms. The first-order chi connectivity index (χ1) is 9.74. The molecule has 5 heteroatoms. The Morgan fingerprint density at radius 2 is 2.05 bits per heavy atom. The average molecular weight is 271 g/mol. The van der Waals surface area contributed by atoms with Crippen LogP contribution in [0, 0.1) is 5.82 Å². The van der Waals surface area contributed by atoms with Crippen molar-refractivity contribution in [3.63, 3.8) is 0 Å². The van der Waals surface area contributed by atoms with Gasteiger partial charge in [0, 0.05) is 12.5 Å². The molecule has 3 rings (SSSR count). The number of benzene rings is 1. The number of ether oxygens (including phenoxy) is 1. The van der Waals surface area contributed by atoms with Gasteiger partial charge in [0.2, 0.25) is 0 Å². The lowest BCUT2D eigenvalue weighted by Crippen LogP contribution is -1.93. The van der Waals surface area contributed by atoms with Gasteiger partial charge in [0.25, 0.3) is 0 Å². The summed E-state index contributed by atoms with van der Waals surface area (Å²) in [6.45, 7) is 2.61. The summed E-state index contributed by atoms with van der Waals surface area (Å²) in [5.41, 5.74) is 2.26. The number of hydrogen-bond acceptors (Lipinski definition) is 3. The molecular weight excluding hydrogens is 257 g/mol. The third-order valence-corrected chi connectivity index (χ3v) is 2.96. The summed E-state index contributed by atoms with van der Waals surface area (Å²) in [7, 11) is 0. The van der Waals surface area contributed by atoms with Crippen LogP contribution in [0.4, 0.5) is 4.39 Å². The first-order valence-corrected chi connectivity index (χ1v) is 6.46. The van der Waals surface area contributed by atoms with E-state index in [1.165, 1.54) is 12.3 Å². The van der Waals surface area contributed by atoms with Crippen molar-refractivity contribution < 1.29 is 9.13 Å². The van der Waals surface area contributed by atoms with Gasteiger partial charge in [0.15, 0.2) is 5.65 Å². The average Bonchev–Trinajstić information content (AvgIpc) is 2.82. The lowest BCUT2D eigenvalue weighted by molar-refractivity contribution is 0.340. The number of rotatable bonds is 4. The molecule has 2 heterocycles. The van der Waals surface area contributed by atoms with Gasteiger partial charge >= 0.3 is 0 Å². The van der Waals surface area contributed by atoms with E-state index in [1.54, 1.807) is 0 Å². The zero-order chi connectivity index (χ0) is 13.9. The van der Waals surface area contributed by atoms with E-state index in [1.807, 2.05) is 31.2 Å².